The molecule has 2 saturated heterocycles. The molecule has 1 aromatic carbocycles. The van der Waals surface area contributed by atoms with Crippen LogP contribution in [0.1, 0.15) is 16.9 Å². The fraction of sp³-hybridized carbons (Fsp3) is 0.444. The molecule has 0 bridgehead atoms. The van der Waals surface area contributed by atoms with Gasteiger partial charge in [0.25, 0.3) is 5.91 Å². The second-order valence-electron chi connectivity index (χ2n) is 6.34. The fourth-order valence-electron chi connectivity index (χ4n) is 3.76. The van der Waals surface area contributed by atoms with Gasteiger partial charge in [-0.05, 0) is 18.6 Å². The van der Waals surface area contributed by atoms with Crippen LogP contribution < -0.4 is 4.90 Å². The number of piperidine rings is 1. The summed E-state index contributed by atoms with van der Waals surface area (Å²) in [6, 6.07) is 10.9. The molecular formula is C18H21N3O3. The highest BCUT2D eigenvalue weighted by molar-refractivity contribution is 5.92. The van der Waals surface area contributed by atoms with E-state index in [9.17, 15) is 4.79 Å². The molecular weight excluding hydrogens is 306 g/mol. The number of carbonyl (C=O) groups excluding carboxylic acids is 1. The number of amides is 1. The zero-order valence-corrected chi connectivity index (χ0v) is 13.5. The van der Waals surface area contributed by atoms with Crippen LogP contribution >= 0.6 is 0 Å². The molecule has 24 heavy (non-hydrogen) atoms. The van der Waals surface area contributed by atoms with E-state index in [0.717, 1.165) is 26.1 Å². The predicted molar refractivity (Wildman–Crippen MR) is 88.9 cm³/mol. The lowest BCUT2D eigenvalue weighted by molar-refractivity contribution is 0.0516. The zero-order valence-electron chi connectivity index (χ0n) is 13.5. The van der Waals surface area contributed by atoms with Crippen molar-refractivity contribution >= 4 is 11.6 Å². The summed E-state index contributed by atoms with van der Waals surface area (Å²) in [5.41, 5.74) is 1.61. The zero-order chi connectivity index (χ0) is 16.4. The maximum Gasteiger partial charge on any atom is 0.275 e. The van der Waals surface area contributed by atoms with Gasteiger partial charge in [0.2, 0.25) is 0 Å². The van der Waals surface area contributed by atoms with Crippen molar-refractivity contribution in [3.05, 3.63) is 48.7 Å². The molecule has 1 aromatic heterocycles. The summed E-state index contributed by atoms with van der Waals surface area (Å²) in [7, 11) is 0. The number of oxazole rings is 1. The van der Waals surface area contributed by atoms with Crippen molar-refractivity contribution in [2.45, 2.75) is 12.5 Å². The van der Waals surface area contributed by atoms with E-state index in [2.05, 4.69) is 34.1 Å². The maximum atomic E-state index is 12.5. The molecule has 2 fully saturated rings. The summed E-state index contributed by atoms with van der Waals surface area (Å²) in [5, 5.41) is 0. The minimum atomic E-state index is -0.0577. The minimum absolute atomic E-state index is 0.0577. The third kappa shape index (κ3) is 2.89. The average molecular weight is 327 g/mol. The van der Waals surface area contributed by atoms with Crippen molar-refractivity contribution in [3.8, 4) is 0 Å². The van der Waals surface area contributed by atoms with Crippen LogP contribution in [0.5, 0.6) is 0 Å². The number of benzene rings is 1. The van der Waals surface area contributed by atoms with Gasteiger partial charge in [-0.1, -0.05) is 18.2 Å². The number of hydrogen-bond acceptors (Lipinski definition) is 5. The lowest BCUT2D eigenvalue weighted by Crippen LogP contribution is -2.53. The van der Waals surface area contributed by atoms with Crippen molar-refractivity contribution in [1.29, 1.82) is 0 Å². The SMILES string of the molecule is O=C(c1cocn1)N1CC[C@H]2[C@@H](COCCN2c2ccccc2)C1. The van der Waals surface area contributed by atoms with Crippen molar-refractivity contribution in [2.75, 3.05) is 37.7 Å². The van der Waals surface area contributed by atoms with Gasteiger partial charge < -0.3 is 19.0 Å². The van der Waals surface area contributed by atoms with Crippen LogP contribution in [0.25, 0.3) is 0 Å². The molecule has 4 rings (SSSR count). The number of rotatable bonds is 2. The molecule has 126 valence electrons. The number of carbonyl (C=O) groups is 1. The first kappa shape index (κ1) is 15.2. The highest BCUT2D eigenvalue weighted by atomic mass is 16.5. The third-order valence-electron chi connectivity index (χ3n) is 4.93. The highest BCUT2D eigenvalue weighted by Gasteiger charge is 2.37. The van der Waals surface area contributed by atoms with Crippen LogP contribution in [0.3, 0.4) is 0 Å². The normalized spacial score (nSPS) is 24.3. The molecule has 2 aliphatic rings. The molecule has 1 amide bonds. The van der Waals surface area contributed by atoms with Gasteiger partial charge in [0, 0.05) is 37.3 Å². The first-order valence-electron chi connectivity index (χ1n) is 8.40. The quantitative estimate of drug-likeness (QED) is 0.845. The Morgan fingerprint density at radius 3 is 2.88 bits per heavy atom. The van der Waals surface area contributed by atoms with E-state index in [1.807, 2.05) is 11.0 Å². The summed E-state index contributed by atoms with van der Waals surface area (Å²) < 4.78 is 10.8. The number of ether oxygens (including phenoxy) is 1. The van der Waals surface area contributed by atoms with Crippen molar-refractivity contribution in [3.63, 3.8) is 0 Å². The van der Waals surface area contributed by atoms with Gasteiger partial charge in [-0.15, -0.1) is 0 Å². The van der Waals surface area contributed by atoms with Crippen LogP contribution in [-0.2, 0) is 4.74 Å². The number of para-hydroxylation sites is 1. The first-order valence-corrected chi connectivity index (χ1v) is 8.40. The monoisotopic (exact) mass is 327 g/mol. The lowest BCUT2D eigenvalue weighted by atomic mass is 9.91. The molecule has 6 heteroatoms. The molecule has 0 spiro atoms. The summed E-state index contributed by atoms with van der Waals surface area (Å²) in [5.74, 6) is 0.245. The molecule has 6 nitrogen and oxygen atoms in total. The number of nitrogens with zero attached hydrogens (tertiary/aromatic N) is 3. The molecule has 2 aliphatic heterocycles. The van der Waals surface area contributed by atoms with Crippen LogP contribution in [0.2, 0.25) is 0 Å². The van der Waals surface area contributed by atoms with Crippen LogP contribution in [-0.4, -0.2) is 54.7 Å². The predicted octanol–water partition coefficient (Wildman–Crippen LogP) is 2.04. The van der Waals surface area contributed by atoms with E-state index in [1.54, 1.807) is 0 Å². The van der Waals surface area contributed by atoms with Crippen LogP contribution in [0.15, 0.2) is 47.4 Å². The maximum absolute atomic E-state index is 12.5. The summed E-state index contributed by atoms with van der Waals surface area (Å²) in [6.45, 7) is 3.73. The number of fused-ring (bicyclic) bond motifs is 1. The van der Waals surface area contributed by atoms with Gasteiger partial charge in [0.1, 0.15) is 6.26 Å². The van der Waals surface area contributed by atoms with Gasteiger partial charge in [0.05, 0.1) is 13.2 Å². The van der Waals surface area contributed by atoms with Gasteiger partial charge in [-0.25, -0.2) is 4.98 Å². The Hall–Kier alpha value is -2.34. The molecule has 0 radical (unpaired) electrons. The van der Waals surface area contributed by atoms with E-state index >= 15 is 0 Å². The van der Waals surface area contributed by atoms with Gasteiger partial charge in [-0.3, -0.25) is 4.79 Å². The Morgan fingerprint density at radius 1 is 1.21 bits per heavy atom. The molecule has 3 heterocycles. The topological polar surface area (TPSA) is 58.8 Å². The number of aromatic nitrogens is 1. The Kier molecular flexibility index (Phi) is 4.21. The summed E-state index contributed by atoms with van der Waals surface area (Å²) in [6.07, 6.45) is 3.65. The Balaban J connectivity index is 1.52. The number of anilines is 1. The number of hydrogen-bond donors (Lipinski definition) is 0. The highest BCUT2D eigenvalue weighted by Crippen LogP contribution is 2.29. The largest absolute Gasteiger partial charge is 0.451 e. The molecule has 0 N–H and O–H groups in total. The second kappa shape index (κ2) is 6.65. The summed E-state index contributed by atoms with van der Waals surface area (Å²) in [4.78, 5) is 20.8. The first-order chi connectivity index (χ1) is 11.8. The van der Waals surface area contributed by atoms with Crippen molar-refractivity contribution in [2.24, 2.45) is 5.92 Å². The van der Waals surface area contributed by atoms with Gasteiger partial charge >= 0.3 is 0 Å². The molecule has 0 aliphatic carbocycles. The molecule has 2 aromatic rings. The van der Waals surface area contributed by atoms with Gasteiger partial charge in [0.15, 0.2) is 12.1 Å². The molecule has 0 saturated carbocycles. The van der Waals surface area contributed by atoms with Crippen molar-refractivity contribution in [1.82, 2.24) is 9.88 Å². The Morgan fingerprint density at radius 2 is 2.08 bits per heavy atom. The van der Waals surface area contributed by atoms with Crippen LogP contribution in [0, 0.1) is 5.92 Å². The molecule has 2 atom stereocenters. The summed E-state index contributed by atoms with van der Waals surface area (Å²) >= 11 is 0. The Labute approximate surface area is 141 Å². The van der Waals surface area contributed by atoms with E-state index in [4.69, 9.17) is 9.15 Å². The minimum Gasteiger partial charge on any atom is -0.451 e. The van der Waals surface area contributed by atoms with Crippen LogP contribution in [0.4, 0.5) is 5.69 Å². The van der Waals surface area contributed by atoms with E-state index in [1.165, 1.54) is 18.3 Å². The standard InChI is InChI=1S/C18H21N3O3/c22-18(16-12-24-13-19-16)20-7-6-17-14(10-20)11-23-9-8-21(17)15-4-2-1-3-5-15/h1-5,12-14,17H,6-11H2/t14-,17+/m1/s1. The molecule has 0 unspecified atom stereocenters. The third-order valence-corrected chi connectivity index (χ3v) is 4.93. The van der Waals surface area contributed by atoms with Crippen molar-refractivity contribution < 1.29 is 13.9 Å². The fourth-order valence-corrected chi connectivity index (χ4v) is 3.76. The van der Waals surface area contributed by atoms with E-state index in [0.29, 0.717) is 30.8 Å². The average Bonchev–Trinajstić information content (AvgIpc) is 3.08. The Bertz CT molecular complexity index is 674. The second-order valence-corrected chi connectivity index (χ2v) is 6.34. The van der Waals surface area contributed by atoms with E-state index < -0.39 is 0 Å². The van der Waals surface area contributed by atoms with E-state index in [-0.39, 0.29) is 5.91 Å². The number of likely N-dealkylation sites (tertiary alicyclic amines) is 1. The smallest absolute Gasteiger partial charge is 0.275 e. The lowest BCUT2D eigenvalue weighted by Gasteiger charge is -2.42. The van der Waals surface area contributed by atoms with Gasteiger partial charge in [-0.2, -0.15) is 0 Å².